The van der Waals surface area contributed by atoms with Gasteiger partial charge in [-0.05, 0) is 32.4 Å². The summed E-state index contributed by atoms with van der Waals surface area (Å²) < 4.78 is 0. The summed E-state index contributed by atoms with van der Waals surface area (Å²) in [6, 6.07) is 1.97. The van der Waals surface area contributed by atoms with Crippen LogP contribution >= 0.6 is 0 Å². The third-order valence-corrected chi connectivity index (χ3v) is 3.16. The monoisotopic (exact) mass is 249 g/mol. The molecule has 1 aliphatic rings. The molecular weight excluding hydrogens is 226 g/mol. The lowest BCUT2D eigenvalue weighted by Gasteiger charge is -2.15. The van der Waals surface area contributed by atoms with E-state index >= 15 is 0 Å². The van der Waals surface area contributed by atoms with Gasteiger partial charge in [0.25, 0.3) is 0 Å². The lowest BCUT2D eigenvalue weighted by molar-refractivity contribution is 0.352. The van der Waals surface area contributed by atoms with Gasteiger partial charge in [0.1, 0.15) is 18.0 Å². The molecular formula is C13H23N5. The lowest BCUT2D eigenvalue weighted by atomic mass is 10.4. The molecule has 2 rings (SSSR count). The first-order valence-electron chi connectivity index (χ1n) is 6.90. The van der Waals surface area contributed by atoms with Crippen LogP contribution in [0.15, 0.2) is 12.4 Å². The number of rotatable bonds is 7. The van der Waals surface area contributed by atoms with Crippen LogP contribution in [0.2, 0.25) is 0 Å². The molecule has 1 fully saturated rings. The van der Waals surface area contributed by atoms with Gasteiger partial charge in [-0.3, -0.25) is 0 Å². The predicted molar refractivity (Wildman–Crippen MR) is 75.0 cm³/mol. The van der Waals surface area contributed by atoms with E-state index in [2.05, 4.69) is 32.4 Å². The van der Waals surface area contributed by atoms with E-state index in [0.29, 0.717) is 0 Å². The molecule has 1 aromatic rings. The van der Waals surface area contributed by atoms with Crippen LogP contribution in [0.4, 0.5) is 11.6 Å². The molecule has 0 bridgehead atoms. The Kier molecular flexibility index (Phi) is 5.20. The van der Waals surface area contributed by atoms with Crippen molar-refractivity contribution in [2.75, 3.05) is 43.4 Å². The number of hydrogen-bond donors (Lipinski definition) is 2. The van der Waals surface area contributed by atoms with Gasteiger partial charge in [0.2, 0.25) is 0 Å². The van der Waals surface area contributed by atoms with E-state index in [0.717, 1.165) is 37.7 Å². The highest BCUT2D eigenvalue weighted by Crippen LogP contribution is 2.09. The Morgan fingerprint density at radius 3 is 2.44 bits per heavy atom. The van der Waals surface area contributed by atoms with Gasteiger partial charge >= 0.3 is 0 Å². The Balaban J connectivity index is 1.74. The van der Waals surface area contributed by atoms with Crippen molar-refractivity contribution in [1.29, 1.82) is 0 Å². The molecule has 2 N–H and O–H groups in total. The molecule has 0 amide bonds. The van der Waals surface area contributed by atoms with Crippen LogP contribution in [-0.4, -0.2) is 47.6 Å². The van der Waals surface area contributed by atoms with Crippen LogP contribution in [0, 0.1) is 0 Å². The maximum Gasteiger partial charge on any atom is 0.131 e. The number of anilines is 2. The third-order valence-electron chi connectivity index (χ3n) is 3.16. The summed E-state index contributed by atoms with van der Waals surface area (Å²) in [5.41, 5.74) is 0. The first-order valence-corrected chi connectivity index (χ1v) is 6.90. The van der Waals surface area contributed by atoms with Crippen LogP contribution < -0.4 is 10.6 Å². The van der Waals surface area contributed by atoms with Crippen molar-refractivity contribution in [1.82, 2.24) is 14.9 Å². The minimum absolute atomic E-state index is 0.899. The lowest BCUT2D eigenvalue weighted by Crippen LogP contribution is -2.26. The fourth-order valence-corrected chi connectivity index (χ4v) is 2.15. The summed E-state index contributed by atoms with van der Waals surface area (Å²) in [5.74, 6) is 1.80. The third kappa shape index (κ3) is 4.14. The number of aromatic nitrogens is 2. The van der Waals surface area contributed by atoms with Crippen molar-refractivity contribution in [2.24, 2.45) is 0 Å². The van der Waals surface area contributed by atoms with E-state index in [4.69, 9.17) is 0 Å². The SMILES string of the molecule is CCCNc1cc(NCCN2CCCC2)ncn1. The second-order valence-corrected chi connectivity index (χ2v) is 4.69. The summed E-state index contributed by atoms with van der Waals surface area (Å²) in [7, 11) is 0. The molecule has 0 unspecified atom stereocenters. The van der Waals surface area contributed by atoms with E-state index in [1.54, 1.807) is 6.33 Å². The van der Waals surface area contributed by atoms with Crippen LogP contribution in [0.3, 0.4) is 0 Å². The molecule has 0 aliphatic carbocycles. The predicted octanol–water partition coefficient (Wildman–Crippen LogP) is 1.81. The second-order valence-electron chi connectivity index (χ2n) is 4.69. The van der Waals surface area contributed by atoms with Gasteiger partial charge in [0, 0.05) is 25.7 Å². The summed E-state index contributed by atoms with van der Waals surface area (Å²) >= 11 is 0. The largest absolute Gasteiger partial charge is 0.370 e. The summed E-state index contributed by atoms with van der Waals surface area (Å²) in [6.45, 7) is 7.63. The molecule has 0 spiro atoms. The van der Waals surface area contributed by atoms with Crippen molar-refractivity contribution >= 4 is 11.6 Å². The zero-order valence-corrected chi connectivity index (χ0v) is 11.2. The first kappa shape index (κ1) is 13.1. The van der Waals surface area contributed by atoms with Crippen molar-refractivity contribution < 1.29 is 0 Å². The van der Waals surface area contributed by atoms with Crippen LogP contribution in [-0.2, 0) is 0 Å². The van der Waals surface area contributed by atoms with E-state index in [1.165, 1.54) is 25.9 Å². The number of nitrogens with zero attached hydrogens (tertiary/aromatic N) is 3. The normalized spacial score (nSPS) is 15.8. The highest BCUT2D eigenvalue weighted by atomic mass is 15.2. The van der Waals surface area contributed by atoms with Gasteiger partial charge in [-0.15, -0.1) is 0 Å². The summed E-state index contributed by atoms with van der Waals surface area (Å²) in [4.78, 5) is 10.9. The highest BCUT2D eigenvalue weighted by Gasteiger charge is 2.10. The Morgan fingerprint density at radius 2 is 1.78 bits per heavy atom. The van der Waals surface area contributed by atoms with Gasteiger partial charge in [-0.25, -0.2) is 9.97 Å². The van der Waals surface area contributed by atoms with Crippen molar-refractivity contribution in [3.63, 3.8) is 0 Å². The van der Waals surface area contributed by atoms with Crippen molar-refractivity contribution in [3.05, 3.63) is 12.4 Å². The second kappa shape index (κ2) is 7.16. The van der Waals surface area contributed by atoms with E-state index in [-0.39, 0.29) is 0 Å². The Labute approximate surface area is 109 Å². The Bertz CT molecular complexity index is 349. The molecule has 1 saturated heterocycles. The van der Waals surface area contributed by atoms with E-state index < -0.39 is 0 Å². The molecule has 1 aromatic heterocycles. The maximum atomic E-state index is 4.23. The van der Waals surface area contributed by atoms with Crippen molar-refractivity contribution in [2.45, 2.75) is 26.2 Å². The summed E-state index contributed by atoms with van der Waals surface area (Å²) in [6.07, 6.45) is 5.40. The Morgan fingerprint density at radius 1 is 1.11 bits per heavy atom. The van der Waals surface area contributed by atoms with Gasteiger partial charge < -0.3 is 15.5 Å². The van der Waals surface area contributed by atoms with E-state index in [1.807, 2.05) is 6.07 Å². The molecule has 1 aliphatic heterocycles. The molecule has 100 valence electrons. The summed E-state index contributed by atoms with van der Waals surface area (Å²) in [5, 5.41) is 6.62. The fraction of sp³-hybridized carbons (Fsp3) is 0.692. The number of nitrogens with one attached hydrogen (secondary N) is 2. The molecule has 5 heteroatoms. The average Bonchev–Trinajstić information content (AvgIpc) is 2.90. The minimum Gasteiger partial charge on any atom is -0.370 e. The van der Waals surface area contributed by atoms with Crippen molar-refractivity contribution in [3.8, 4) is 0 Å². The zero-order valence-electron chi connectivity index (χ0n) is 11.2. The highest BCUT2D eigenvalue weighted by molar-refractivity contribution is 5.46. The minimum atomic E-state index is 0.899. The molecule has 5 nitrogen and oxygen atoms in total. The molecule has 0 aromatic carbocycles. The van der Waals surface area contributed by atoms with Gasteiger partial charge in [-0.2, -0.15) is 0 Å². The number of hydrogen-bond acceptors (Lipinski definition) is 5. The first-order chi connectivity index (χ1) is 8.88. The molecule has 18 heavy (non-hydrogen) atoms. The zero-order chi connectivity index (χ0) is 12.6. The van der Waals surface area contributed by atoms with Gasteiger partial charge in [0.15, 0.2) is 0 Å². The molecule has 2 heterocycles. The maximum absolute atomic E-state index is 4.23. The van der Waals surface area contributed by atoms with E-state index in [9.17, 15) is 0 Å². The van der Waals surface area contributed by atoms with Gasteiger partial charge in [0.05, 0.1) is 0 Å². The van der Waals surface area contributed by atoms with Crippen LogP contribution in [0.25, 0.3) is 0 Å². The molecule has 0 atom stereocenters. The molecule has 0 radical (unpaired) electrons. The van der Waals surface area contributed by atoms with Gasteiger partial charge in [-0.1, -0.05) is 6.92 Å². The standard InChI is InChI=1S/C13H23N5/c1-2-5-14-12-10-13(17-11-16-12)15-6-9-18-7-3-4-8-18/h10-11H,2-9H2,1H3,(H2,14,15,16,17). The molecule has 0 saturated carbocycles. The average molecular weight is 249 g/mol. The smallest absolute Gasteiger partial charge is 0.131 e. The Hall–Kier alpha value is -1.36. The topological polar surface area (TPSA) is 53.1 Å². The fourth-order valence-electron chi connectivity index (χ4n) is 2.15. The quantitative estimate of drug-likeness (QED) is 0.772. The van der Waals surface area contributed by atoms with Crippen LogP contribution in [0.5, 0.6) is 0 Å². The van der Waals surface area contributed by atoms with Crippen LogP contribution in [0.1, 0.15) is 26.2 Å². The number of likely N-dealkylation sites (tertiary alicyclic amines) is 1.